The van der Waals surface area contributed by atoms with Crippen LogP contribution in [-0.4, -0.2) is 36.8 Å². The average molecular weight is 329 g/mol. The first-order chi connectivity index (χ1) is 11.2. The summed E-state index contributed by atoms with van der Waals surface area (Å²) in [6.07, 6.45) is 1.73. The first-order valence-corrected chi connectivity index (χ1v) is 7.65. The number of carbonyl (C=O) groups is 2. The summed E-state index contributed by atoms with van der Waals surface area (Å²) in [5, 5.41) is 0. The van der Waals surface area contributed by atoms with Gasteiger partial charge in [0.05, 0.1) is 5.69 Å². The van der Waals surface area contributed by atoms with Crippen molar-refractivity contribution in [2.45, 2.75) is 26.4 Å². The standard InChI is InChI=1S/C18H23N3O3/c1-18(2,3)24-17(23)20-12-6-7-16(20)21(13-22)15-10-8-14(9-11-15)19(4)5/h6-13H,1-5H3. The van der Waals surface area contributed by atoms with E-state index in [0.717, 1.165) is 5.69 Å². The van der Waals surface area contributed by atoms with Crippen molar-refractivity contribution in [3.8, 4) is 0 Å². The molecule has 0 aliphatic carbocycles. The molecule has 0 saturated heterocycles. The molecule has 0 bridgehead atoms. The molecule has 0 fully saturated rings. The highest BCUT2D eigenvalue weighted by molar-refractivity contribution is 5.89. The lowest BCUT2D eigenvalue weighted by molar-refractivity contribution is -0.106. The molecule has 1 aromatic heterocycles. The van der Waals surface area contributed by atoms with Gasteiger partial charge in [-0.1, -0.05) is 0 Å². The van der Waals surface area contributed by atoms with Crippen LogP contribution in [0.4, 0.5) is 22.0 Å². The van der Waals surface area contributed by atoms with Crippen LogP contribution >= 0.6 is 0 Å². The number of hydrogen-bond acceptors (Lipinski definition) is 4. The van der Waals surface area contributed by atoms with Crippen LogP contribution in [0.3, 0.4) is 0 Å². The van der Waals surface area contributed by atoms with Crippen molar-refractivity contribution in [2.24, 2.45) is 0 Å². The van der Waals surface area contributed by atoms with Gasteiger partial charge in [-0.15, -0.1) is 0 Å². The molecule has 2 aromatic rings. The monoisotopic (exact) mass is 329 g/mol. The second-order valence-electron chi connectivity index (χ2n) is 6.60. The van der Waals surface area contributed by atoms with E-state index in [2.05, 4.69) is 0 Å². The minimum absolute atomic E-state index is 0.428. The third-order valence-electron chi connectivity index (χ3n) is 3.31. The molecule has 0 aliphatic rings. The highest BCUT2D eigenvalue weighted by Crippen LogP contribution is 2.27. The maximum absolute atomic E-state index is 12.3. The lowest BCUT2D eigenvalue weighted by atomic mass is 10.2. The Hall–Kier alpha value is -2.76. The summed E-state index contributed by atoms with van der Waals surface area (Å²) in [4.78, 5) is 27.3. The number of carbonyl (C=O) groups excluding carboxylic acids is 2. The third kappa shape index (κ3) is 3.95. The lowest BCUT2D eigenvalue weighted by Crippen LogP contribution is -2.29. The summed E-state index contributed by atoms with van der Waals surface area (Å²) >= 11 is 0. The van der Waals surface area contributed by atoms with E-state index in [-0.39, 0.29) is 0 Å². The predicted octanol–water partition coefficient (Wildman–Crippen LogP) is 3.63. The van der Waals surface area contributed by atoms with Crippen LogP contribution in [0.1, 0.15) is 20.8 Å². The van der Waals surface area contributed by atoms with Crippen LogP contribution in [0.15, 0.2) is 42.6 Å². The van der Waals surface area contributed by atoms with Crippen LogP contribution in [-0.2, 0) is 9.53 Å². The number of nitrogens with zero attached hydrogens (tertiary/aromatic N) is 3. The topological polar surface area (TPSA) is 54.8 Å². The number of anilines is 3. The lowest BCUT2D eigenvalue weighted by Gasteiger charge is -2.23. The summed E-state index contributed by atoms with van der Waals surface area (Å²) in [5.74, 6) is 0.428. The number of aromatic nitrogens is 1. The van der Waals surface area contributed by atoms with Gasteiger partial charge in [0.15, 0.2) is 0 Å². The van der Waals surface area contributed by atoms with Crippen molar-refractivity contribution < 1.29 is 14.3 Å². The van der Waals surface area contributed by atoms with Gasteiger partial charge in [0.25, 0.3) is 0 Å². The number of hydrogen-bond donors (Lipinski definition) is 0. The van der Waals surface area contributed by atoms with E-state index in [1.807, 2.05) is 43.3 Å². The maximum Gasteiger partial charge on any atom is 0.420 e. The van der Waals surface area contributed by atoms with E-state index in [1.54, 1.807) is 39.1 Å². The molecule has 0 saturated carbocycles. The van der Waals surface area contributed by atoms with Gasteiger partial charge in [-0.25, -0.2) is 9.36 Å². The summed E-state index contributed by atoms with van der Waals surface area (Å²) in [6, 6.07) is 10.9. The minimum atomic E-state index is -0.613. The van der Waals surface area contributed by atoms with E-state index in [1.165, 1.54) is 9.47 Å². The molecule has 6 heteroatoms. The van der Waals surface area contributed by atoms with E-state index in [9.17, 15) is 9.59 Å². The number of amides is 1. The molecular weight excluding hydrogens is 306 g/mol. The molecule has 0 unspecified atom stereocenters. The van der Waals surface area contributed by atoms with Gasteiger partial charge in [-0.2, -0.15) is 0 Å². The zero-order chi connectivity index (χ0) is 17.9. The molecule has 0 N–H and O–H groups in total. The van der Waals surface area contributed by atoms with Crippen LogP contribution in [0.5, 0.6) is 0 Å². The summed E-state index contributed by atoms with van der Waals surface area (Å²) in [7, 11) is 3.89. The Balaban J connectivity index is 2.34. The van der Waals surface area contributed by atoms with Gasteiger partial charge in [0, 0.05) is 26.0 Å². The smallest absolute Gasteiger partial charge is 0.420 e. The Labute approximate surface area is 142 Å². The highest BCUT2D eigenvalue weighted by Gasteiger charge is 2.22. The first kappa shape index (κ1) is 17.6. The first-order valence-electron chi connectivity index (χ1n) is 7.65. The average Bonchev–Trinajstić information content (AvgIpc) is 2.96. The zero-order valence-corrected chi connectivity index (χ0v) is 14.7. The highest BCUT2D eigenvalue weighted by atomic mass is 16.6. The molecule has 128 valence electrons. The molecule has 2 rings (SSSR count). The van der Waals surface area contributed by atoms with Gasteiger partial charge in [-0.05, 0) is 57.2 Å². The molecule has 0 atom stereocenters. The normalized spacial score (nSPS) is 11.0. The molecule has 24 heavy (non-hydrogen) atoms. The molecule has 6 nitrogen and oxygen atoms in total. The van der Waals surface area contributed by atoms with Crippen LogP contribution in [0, 0.1) is 0 Å². The van der Waals surface area contributed by atoms with Gasteiger partial charge in [0.2, 0.25) is 6.41 Å². The third-order valence-corrected chi connectivity index (χ3v) is 3.31. The van der Waals surface area contributed by atoms with Gasteiger partial charge >= 0.3 is 6.09 Å². The molecular formula is C18H23N3O3. The fourth-order valence-electron chi connectivity index (χ4n) is 2.19. The van der Waals surface area contributed by atoms with Gasteiger partial charge in [-0.3, -0.25) is 9.69 Å². The van der Waals surface area contributed by atoms with E-state index >= 15 is 0 Å². The molecule has 0 spiro atoms. The van der Waals surface area contributed by atoms with Crippen molar-refractivity contribution in [2.75, 3.05) is 23.9 Å². The molecule has 1 aromatic carbocycles. The van der Waals surface area contributed by atoms with Crippen molar-refractivity contribution in [3.05, 3.63) is 42.6 Å². The van der Waals surface area contributed by atoms with E-state index < -0.39 is 11.7 Å². The van der Waals surface area contributed by atoms with Crippen molar-refractivity contribution in [1.29, 1.82) is 0 Å². The number of benzene rings is 1. The summed E-state index contributed by atoms with van der Waals surface area (Å²) in [5.41, 5.74) is 1.07. The Morgan fingerprint density at radius 2 is 1.67 bits per heavy atom. The quantitative estimate of drug-likeness (QED) is 0.804. The molecule has 1 heterocycles. The zero-order valence-electron chi connectivity index (χ0n) is 14.7. The summed E-state index contributed by atoms with van der Waals surface area (Å²) < 4.78 is 6.70. The Bertz CT molecular complexity index is 712. The number of rotatable bonds is 4. The van der Waals surface area contributed by atoms with Crippen LogP contribution in [0.2, 0.25) is 0 Å². The largest absolute Gasteiger partial charge is 0.443 e. The predicted molar refractivity (Wildman–Crippen MR) is 95.0 cm³/mol. The summed E-state index contributed by atoms with van der Waals surface area (Å²) in [6.45, 7) is 5.39. The van der Waals surface area contributed by atoms with Crippen molar-refractivity contribution >= 4 is 29.7 Å². The van der Waals surface area contributed by atoms with Gasteiger partial charge < -0.3 is 9.64 Å². The Morgan fingerprint density at radius 1 is 1.08 bits per heavy atom. The van der Waals surface area contributed by atoms with Gasteiger partial charge in [0.1, 0.15) is 11.4 Å². The maximum atomic E-state index is 12.3. The van der Waals surface area contributed by atoms with E-state index in [0.29, 0.717) is 17.9 Å². The second kappa shape index (κ2) is 6.78. The fourth-order valence-corrected chi connectivity index (χ4v) is 2.19. The number of ether oxygens (including phenoxy) is 1. The van der Waals surface area contributed by atoms with E-state index in [4.69, 9.17) is 4.74 Å². The fraction of sp³-hybridized carbons (Fsp3) is 0.333. The Kier molecular flexibility index (Phi) is 4.97. The molecule has 0 radical (unpaired) electrons. The SMILES string of the molecule is CN(C)c1ccc(N(C=O)c2cccn2C(=O)OC(C)(C)C)cc1. The van der Waals surface area contributed by atoms with Crippen molar-refractivity contribution in [1.82, 2.24) is 4.57 Å². The van der Waals surface area contributed by atoms with Crippen LogP contribution < -0.4 is 9.80 Å². The van der Waals surface area contributed by atoms with Crippen LogP contribution in [0.25, 0.3) is 0 Å². The Morgan fingerprint density at radius 3 is 2.17 bits per heavy atom. The van der Waals surface area contributed by atoms with Crippen molar-refractivity contribution in [3.63, 3.8) is 0 Å². The molecule has 0 aliphatic heterocycles. The molecule has 1 amide bonds. The second-order valence-corrected chi connectivity index (χ2v) is 6.60. The minimum Gasteiger partial charge on any atom is -0.443 e.